The molecule has 0 bridgehead atoms. The molecule has 110 valence electrons. The third-order valence-corrected chi connectivity index (χ3v) is 3.21. The molecule has 0 aromatic heterocycles. The van der Waals surface area contributed by atoms with Crippen LogP contribution in [0.4, 0.5) is 0 Å². The van der Waals surface area contributed by atoms with Crippen LogP contribution in [0.5, 0.6) is 11.5 Å². The molecule has 3 nitrogen and oxygen atoms in total. The predicted molar refractivity (Wildman–Crippen MR) is 82.4 cm³/mol. The first kappa shape index (κ1) is 14.9. The first-order valence-electron chi connectivity index (χ1n) is 7.44. The van der Waals surface area contributed by atoms with Crippen molar-refractivity contribution in [3.8, 4) is 11.5 Å². The normalized spacial score (nSPS) is 13.9. The molecule has 0 spiro atoms. The number of hydrogen-bond donors (Lipinski definition) is 1. The van der Waals surface area contributed by atoms with Gasteiger partial charge in [0.05, 0.1) is 6.61 Å². The summed E-state index contributed by atoms with van der Waals surface area (Å²) in [6.45, 7) is 8.27. The number of benzene rings is 1. The van der Waals surface area contributed by atoms with E-state index in [1.165, 1.54) is 24.0 Å². The van der Waals surface area contributed by atoms with Crippen molar-refractivity contribution < 1.29 is 9.47 Å². The summed E-state index contributed by atoms with van der Waals surface area (Å²) in [7, 11) is 0. The van der Waals surface area contributed by atoms with Crippen LogP contribution < -0.4 is 14.8 Å². The van der Waals surface area contributed by atoms with Crippen molar-refractivity contribution in [1.29, 1.82) is 0 Å². The standard InChI is InChI=1S/C17H25NO2/c1-4-19-17-11-14(12-18-15-6-7-15)5-8-16(17)20-10-9-13(2)3/h5,8-9,11,15,18H,4,6-7,10,12H2,1-3H3. The fourth-order valence-corrected chi connectivity index (χ4v) is 1.90. The first-order valence-corrected chi connectivity index (χ1v) is 7.44. The SMILES string of the molecule is CCOc1cc(CNC2CC2)ccc1OCC=C(C)C. The van der Waals surface area contributed by atoms with E-state index >= 15 is 0 Å². The van der Waals surface area contributed by atoms with Crippen LogP contribution in [0, 0.1) is 0 Å². The number of nitrogens with one attached hydrogen (secondary N) is 1. The topological polar surface area (TPSA) is 30.5 Å². The minimum absolute atomic E-state index is 0.585. The number of allylic oxidation sites excluding steroid dienone is 1. The Balaban J connectivity index is 1.99. The van der Waals surface area contributed by atoms with E-state index in [2.05, 4.69) is 37.4 Å². The second-order valence-electron chi connectivity index (χ2n) is 5.46. The Labute approximate surface area is 122 Å². The lowest BCUT2D eigenvalue weighted by molar-refractivity contribution is 0.296. The summed E-state index contributed by atoms with van der Waals surface area (Å²) in [4.78, 5) is 0. The Bertz CT molecular complexity index is 460. The van der Waals surface area contributed by atoms with Gasteiger partial charge in [-0.05, 0) is 57.4 Å². The molecule has 0 heterocycles. The Morgan fingerprint density at radius 3 is 2.70 bits per heavy atom. The van der Waals surface area contributed by atoms with Crippen LogP contribution in [0.2, 0.25) is 0 Å². The summed E-state index contributed by atoms with van der Waals surface area (Å²) in [5.41, 5.74) is 2.50. The number of ether oxygens (including phenoxy) is 2. The molecule has 0 saturated heterocycles. The molecule has 0 unspecified atom stereocenters. The van der Waals surface area contributed by atoms with E-state index in [0.29, 0.717) is 13.2 Å². The zero-order chi connectivity index (χ0) is 14.4. The molecule has 1 aliphatic carbocycles. The smallest absolute Gasteiger partial charge is 0.161 e. The monoisotopic (exact) mass is 275 g/mol. The molecule has 1 aromatic rings. The minimum Gasteiger partial charge on any atom is -0.490 e. The maximum Gasteiger partial charge on any atom is 0.161 e. The zero-order valence-electron chi connectivity index (χ0n) is 12.7. The van der Waals surface area contributed by atoms with Crippen molar-refractivity contribution in [3.05, 3.63) is 35.4 Å². The van der Waals surface area contributed by atoms with Crippen molar-refractivity contribution in [2.75, 3.05) is 13.2 Å². The van der Waals surface area contributed by atoms with Crippen molar-refractivity contribution in [1.82, 2.24) is 5.32 Å². The highest BCUT2D eigenvalue weighted by atomic mass is 16.5. The third kappa shape index (κ3) is 4.89. The van der Waals surface area contributed by atoms with Crippen LogP contribution in [-0.4, -0.2) is 19.3 Å². The Morgan fingerprint density at radius 1 is 1.25 bits per heavy atom. The summed E-state index contributed by atoms with van der Waals surface area (Å²) in [6, 6.07) is 6.92. The fraction of sp³-hybridized carbons (Fsp3) is 0.529. The second kappa shape index (κ2) is 7.34. The number of hydrogen-bond acceptors (Lipinski definition) is 3. The van der Waals surface area contributed by atoms with E-state index in [4.69, 9.17) is 9.47 Å². The van der Waals surface area contributed by atoms with Gasteiger partial charge in [-0.1, -0.05) is 11.6 Å². The van der Waals surface area contributed by atoms with E-state index in [0.717, 1.165) is 24.1 Å². The fourth-order valence-electron chi connectivity index (χ4n) is 1.90. The van der Waals surface area contributed by atoms with Crippen molar-refractivity contribution in [2.24, 2.45) is 0 Å². The summed E-state index contributed by atoms with van der Waals surface area (Å²) in [5.74, 6) is 1.66. The molecule has 0 radical (unpaired) electrons. The Kier molecular flexibility index (Phi) is 5.48. The maximum atomic E-state index is 5.77. The Morgan fingerprint density at radius 2 is 2.05 bits per heavy atom. The van der Waals surface area contributed by atoms with Gasteiger partial charge < -0.3 is 14.8 Å². The minimum atomic E-state index is 0.585. The van der Waals surface area contributed by atoms with Gasteiger partial charge in [0, 0.05) is 12.6 Å². The lowest BCUT2D eigenvalue weighted by Crippen LogP contribution is -2.15. The van der Waals surface area contributed by atoms with Crippen LogP contribution in [0.25, 0.3) is 0 Å². The summed E-state index contributed by atoms with van der Waals surface area (Å²) in [6.07, 6.45) is 4.68. The third-order valence-electron chi connectivity index (χ3n) is 3.21. The van der Waals surface area contributed by atoms with E-state index in [9.17, 15) is 0 Å². The Hall–Kier alpha value is -1.48. The van der Waals surface area contributed by atoms with Gasteiger partial charge in [0.1, 0.15) is 6.61 Å². The highest BCUT2D eigenvalue weighted by Gasteiger charge is 2.20. The van der Waals surface area contributed by atoms with Gasteiger partial charge in [-0.25, -0.2) is 0 Å². The number of rotatable bonds is 8. The van der Waals surface area contributed by atoms with Gasteiger partial charge in [-0.2, -0.15) is 0 Å². The van der Waals surface area contributed by atoms with Crippen LogP contribution >= 0.6 is 0 Å². The van der Waals surface area contributed by atoms with Gasteiger partial charge in [0.25, 0.3) is 0 Å². The molecule has 0 aliphatic heterocycles. The summed E-state index contributed by atoms with van der Waals surface area (Å²) < 4.78 is 11.5. The lowest BCUT2D eigenvalue weighted by atomic mass is 10.2. The predicted octanol–water partition coefficient (Wildman–Crippen LogP) is 3.68. The van der Waals surface area contributed by atoms with Crippen LogP contribution in [0.15, 0.2) is 29.8 Å². The van der Waals surface area contributed by atoms with Gasteiger partial charge in [0.2, 0.25) is 0 Å². The molecule has 2 rings (SSSR count). The highest BCUT2D eigenvalue weighted by molar-refractivity contribution is 5.43. The molecule has 0 amide bonds. The average Bonchev–Trinajstić information content (AvgIpc) is 3.22. The molecular formula is C17H25NO2. The van der Waals surface area contributed by atoms with Crippen LogP contribution in [0.3, 0.4) is 0 Å². The van der Waals surface area contributed by atoms with E-state index in [1.54, 1.807) is 0 Å². The molecule has 0 atom stereocenters. The van der Waals surface area contributed by atoms with Crippen molar-refractivity contribution in [2.45, 2.75) is 46.2 Å². The first-order chi connectivity index (χ1) is 9.69. The van der Waals surface area contributed by atoms with Crippen molar-refractivity contribution >= 4 is 0 Å². The molecular weight excluding hydrogens is 250 g/mol. The largest absolute Gasteiger partial charge is 0.490 e. The highest BCUT2D eigenvalue weighted by Crippen LogP contribution is 2.29. The molecule has 3 heteroatoms. The molecule has 1 aliphatic rings. The summed E-state index contributed by atoms with van der Waals surface area (Å²) in [5, 5.41) is 3.51. The van der Waals surface area contributed by atoms with Crippen molar-refractivity contribution in [3.63, 3.8) is 0 Å². The van der Waals surface area contributed by atoms with Crippen LogP contribution in [0.1, 0.15) is 39.2 Å². The van der Waals surface area contributed by atoms with E-state index < -0.39 is 0 Å². The van der Waals surface area contributed by atoms with E-state index in [-0.39, 0.29) is 0 Å². The van der Waals surface area contributed by atoms with Gasteiger partial charge in [0.15, 0.2) is 11.5 Å². The summed E-state index contributed by atoms with van der Waals surface area (Å²) >= 11 is 0. The molecule has 20 heavy (non-hydrogen) atoms. The molecule has 1 saturated carbocycles. The molecule has 1 N–H and O–H groups in total. The van der Waals surface area contributed by atoms with E-state index in [1.807, 2.05) is 13.0 Å². The van der Waals surface area contributed by atoms with Gasteiger partial charge in [-0.15, -0.1) is 0 Å². The average molecular weight is 275 g/mol. The molecule has 1 aromatic carbocycles. The van der Waals surface area contributed by atoms with Gasteiger partial charge >= 0.3 is 0 Å². The zero-order valence-corrected chi connectivity index (χ0v) is 12.7. The quantitative estimate of drug-likeness (QED) is 0.734. The molecule has 1 fully saturated rings. The second-order valence-corrected chi connectivity index (χ2v) is 5.46. The van der Waals surface area contributed by atoms with Crippen LogP contribution in [-0.2, 0) is 6.54 Å². The van der Waals surface area contributed by atoms with Gasteiger partial charge in [-0.3, -0.25) is 0 Å². The lowest BCUT2D eigenvalue weighted by Gasteiger charge is -2.13. The maximum absolute atomic E-state index is 5.77.